The van der Waals surface area contributed by atoms with Gasteiger partial charge in [-0.1, -0.05) is 90.6 Å². The lowest BCUT2D eigenvalue weighted by Crippen LogP contribution is -2.53. The average Bonchev–Trinajstić information content (AvgIpc) is 2.93. The minimum atomic E-state index is -3.91. The van der Waals surface area contributed by atoms with E-state index in [1.807, 2.05) is 37.3 Å². The third-order valence-corrected chi connectivity index (χ3v) is 8.90. The van der Waals surface area contributed by atoms with Crippen LogP contribution in [0, 0.1) is 6.92 Å². The number of carbonyl (C=O) groups is 2. The Labute approximate surface area is 257 Å². The third kappa shape index (κ3) is 9.10. The highest BCUT2D eigenvalue weighted by atomic mass is 35.5. The van der Waals surface area contributed by atoms with Gasteiger partial charge >= 0.3 is 0 Å². The Bertz CT molecular complexity index is 1470. The van der Waals surface area contributed by atoms with E-state index >= 15 is 0 Å². The van der Waals surface area contributed by atoms with E-state index in [0.717, 1.165) is 29.0 Å². The van der Waals surface area contributed by atoms with Gasteiger partial charge in [0.25, 0.3) is 0 Å². The van der Waals surface area contributed by atoms with Crippen molar-refractivity contribution in [1.29, 1.82) is 0 Å². The highest BCUT2D eigenvalue weighted by Crippen LogP contribution is 2.29. The molecule has 0 radical (unpaired) electrons. The van der Waals surface area contributed by atoms with Crippen LogP contribution in [0.15, 0.2) is 66.7 Å². The number of unbranched alkanes of at least 4 members (excludes halogenated alkanes) is 1. The zero-order chi connectivity index (χ0) is 30.2. The molecule has 0 heterocycles. The Hall–Kier alpha value is -2.78. The fourth-order valence-electron chi connectivity index (χ4n) is 4.36. The van der Waals surface area contributed by atoms with Crippen LogP contribution in [0.2, 0.25) is 15.1 Å². The molecule has 0 aliphatic rings. The largest absolute Gasteiger partial charge is 0.354 e. The van der Waals surface area contributed by atoms with Gasteiger partial charge in [0.1, 0.15) is 12.6 Å². The zero-order valence-electron chi connectivity index (χ0n) is 23.2. The normalized spacial score (nSPS) is 12.0. The molecule has 220 valence electrons. The molecule has 3 aromatic carbocycles. The smallest absolute Gasteiger partial charge is 0.244 e. The number of sulfonamides is 1. The number of carbonyl (C=O) groups excluding carboxylic acids is 2. The molecule has 2 amide bonds. The van der Waals surface area contributed by atoms with Crippen molar-refractivity contribution in [3.8, 4) is 0 Å². The van der Waals surface area contributed by atoms with E-state index in [4.69, 9.17) is 34.8 Å². The molecule has 1 N–H and O–H groups in total. The molecule has 0 saturated carbocycles. The topological polar surface area (TPSA) is 86.8 Å². The van der Waals surface area contributed by atoms with Gasteiger partial charge in [0.05, 0.1) is 22.0 Å². The van der Waals surface area contributed by atoms with E-state index < -0.39 is 28.5 Å². The van der Waals surface area contributed by atoms with Gasteiger partial charge < -0.3 is 10.2 Å². The van der Waals surface area contributed by atoms with Crippen LogP contribution in [0.25, 0.3) is 0 Å². The summed E-state index contributed by atoms with van der Waals surface area (Å²) in [5.41, 5.74) is 2.29. The second-order valence-corrected chi connectivity index (χ2v) is 12.9. The van der Waals surface area contributed by atoms with Crippen LogP contribution < -0.4 is 9.62 Å². The highest BCUT2D eigenvalue weighted by molar-refractivity contribution is 7.92. The average molecular weight is 639 g/mol. The molecular formula is C30H34Cl3N3O4S. The van der Waals surface area contributed by atoms with Gasteiger partial charge in [0.2, 0.25) is 21.8 Å². The van der Waals surface area contributed by atoms with Crippen LogP contribution in [0.1, 0.15) is 36.5 Å². The monoisotopic (exact) mass is 637 g/mol. The summed E-state index contributed by atoms with van der Waals surface area (Å²) in [4.78, 5) is 29.2. The van der Waals surface area contributed by atoms with Gasteiger partial charge in [-0.15, -0.1) is 0 Å². The van der Waals surface area contributed by atoms with Gasteiger partial charge in [-0.25, -0.2) is 8.42 Å². The molecule has 7 nitrogen and oxygen atoms in total. The lowest BCUT2D eigenvalue weighted by Gasteiger charge is -2.34. The number of anilines is 1. The van der Waals surface area contributed by atoms with Gasteiger partial charge in [0.15, 0.2) is 0 Å². The Kier molecular flexibility index (Phi) is 11.9. The SMILES string of the molecule is CCCCNC(=O)[C@@H](Cc1ccccc1)N(Cc1ccc(Cl)c(Cl)c1)C(=O)CN(c1cccc(Cl)c1C)S(C)(=O)=O. The molecular weight excluding hydrogens is 605 g/mol. The first-order valence-corrected chi connectivity index (χ1v) is 16.2. The number of rotatable bonds is 13. The summed E-state index contributed by atoms with van der Waals surface area (Å²) in [5.74, 6) is -0.895. The number of halogens is 3. The number of nitrogens with zero attached hydrogens (tertiary/aromatic N) is 2. The minimum Gasteiger partial charge on any atom is -0.354 e. The second kappa shape index (κ2) is 14.9. The summed E-state index contributed by atoms with van der Waals surface area (Å²) in [6, 6.07) is 18.3. The number of hydrogen-bond donors (Lipinski definition) is 1. The van der Waals surface area contributed by atoms with Crippen LogP contribution in [-0.4, -0.2) is 50.5 Å². The van der Waals surface area contributed by atoms with E-state index in [9.17, 15) is 18.0 Å². The van der Waals surface area contributed by atoms with Crippen molar-refractivity contribution in [3.05, 3.63) is 98.5 Å². The van der Waals surface area contributed by atoms with Crippen LogP contribution in [0.3, 0.4) is 0 Å². The first kappa shape index (κ1) is 32.7. The molecule has 41 heavy (non-hydrogen) atoms. The molecule has 0 spiro atoms. The molecule has 0 aliphatic heterocycles. The Morgan fingerprint density at radius 1 is 0.902 bits per heavy atom. The lowest BCUT2D eigenvalue weighted by atomic mass is 10.0. The molecule has 0 unspecified atom stereocenters. The second-order valence-electron chi connectivity index (χ2n) is 9.77. The van der Waals surface area contributed by atoms with Crippen LogP contribution in [-0.2, 0) is 32.6 Å². The van der Waals surface area contributed by atoms with Crippen LogP contribution in [0.4, 0.5) is 5.69 Å². The molecule has 3 rings (SSSR count). The molecule has 1 atom stereocenters. The molecule has 3 aromatic rings. The van der Waals surface area contributed by atoms with Crippen molar-refractivity contribution in [3.63, 3.8) is 0 Å². The maximum atomic E-state index is 14.1. The predicted octanol–water partition coefficient (Wildman–Crippen LogP) is 6.28. The van der Waals surface area contributed by atoms with E-state index in [2.05, 4.69) is 5.32 Å². The Morgan fingerprint density at radius 2 is 1.61 bits per heavy atom. The highest BCUT2D eigenvalue weighted by Gasteiger charge is 2.33. The predicted molar refractivity (Wildman–Crippen MR) is 167 cm³/mol. The van der Waals surface area contributed by atoms with Crippen molar-refractivity contribution in [2.45, 2.75) is 45.7 Å². The summed E-state index contributed by atoms with van der Waals surface area (Å²) in [5, 5.41) is 3.97. The number of hydrogen-bond acceptors (Lipinski definition) is 4. The third-order valence-electron chi connectivity index (χ3n) is 6.62. The first-order chi connectivity index (χ1) is 19.4. The van der Waals surface area contributed by atoms with Gasteiger partial charge in [-0.3, -0.25) is 13.9 Å². The van der Waals surface area contributed by atoms with Crippen LogP contribution in [0.5, 0.6) is 0 Å². The maximum Gasteiger partial charge on any atom is 0.244 e. The number of amides is 2. The molecule has 0 fully saturated rings. The van der Waals surface area contributed by atoms with E-state index in [1.165, 1.54) is 4.90 Å². The summed E-state index contributed by atoms with van der Waals surface area (Å²) in [7, 11) is -3.91. The maximum absolute atomic E-state index is 14.1. The summed E-state index contributed by atoms with van der Waals surface area (Å²) < 4.78 is 26.9. The summed E-state index contributed by atoms with van der Waals surface area (Å²) in [6.45, 7) is 3.63. The molecule has 0 aliphatic carbocycles. The van der Waals surface area contributed by atoms with Gasteiger partial charge in [-0.05, 0) is 54.3 Å². The molecule has 0 saturated heterocycles. The molecule has 0 aromatic heterocycles. The van der Waals surface area contributed by atoms with Crippen molar-refractivity contribution >= 4 is 62.3 Å². The minimum absolute atomic E-state index is 0.000546. The van der Waals surface area contributed by atoms with E-state index in [0.29, 0.717) is 32.7 Å². The standard InChI is InChI=1S/C30H34Cl3N3O4S/c1-4-5-16-34-30(38)28(18-22-10-7-6-8-11-22)35(19-23-14-15-25(32)26(33)17-23)29(37)20-36(41(3,39)40)27-13-9-12-24(31)21(27)2/h6-15,17,28H,4-5,16,18-20H2,1-3H3,(H,34,38)/t28-/m1/s1. The van der Waals surface area contributed by atoms with Crippen molar-refractivity contribution in [2.24, 2.45) is 0 Å². The number of nitrogens with one attached hydrogen (secondary N) is 1. The van der Waals surface area contributed by atoms with E-state index in [1.54, 1.807) is 43.3 Å². The quantitative estimate of drug-likeness (QED) is 0.223. The Balaban J connectivity index is 2.08. The van der Waals surface area contributed by atoms with Crippen molar-refractivity contribution in [2.75, 3.05) is 23.7 Å². The Morgan fingerprint density at radius 3 is 2.24 bits per heavy atom. The lowest BCUT2D eigenvalue weighted by molar-refractivity contribution is -0.140. The van der Waals surface area contributed by atoms with Crippen molar-refractivity contribution < 1.29 is 18.0 Å². The fraction of sp³-hybridized carbons (Fsp3) is 0.333. The van der Waals surface area contributed by atoms with E-state index in [-0.39, 0.29) is 24.6 Å². The zero-order valence-corrected chi connectivity index (χ0v) is 26.3. The first-order valence-electron chi connectivity index (χ1n) is 13.2. The molecule has 0 bridgehead atoms. The summed E-state index contributed by atoms with van der Waals surface area (Å²) >= 11 is 18.7. The van der Waals surface area contributed by atoms with Gasteiger partial charge in [-0.2, -0.15) is 0 Å². The van der Waals surface area contributed by atoms with Gasteiger partial charge in [0, 0.05) is 24.5 Å². The number of benzene rings is 3. The fourth-order valence-corrected chi connectivity index (χ4v) is 5.75. The van der Waals surface area contributed by atoms with Crippen LogP contribution >= 0.6 is 34.8 Å². The summed E-state index contributed by atoms with van der Waals surface area (Å²) in [6.07, 6.45) is 2.92. The van der Waals surface area contributed by atoms with Crippen molar-refractivity contribution in [1.82, 2.24) is 10.2 Å². The molecule has 11 heteroatoms.